The van der Waals surface area contributed by atoms with Gasteiger partial charge >= 0.3 is 0 Å². The third-order valence-electron chi connectivity index (χ3n) is 2.78. The van der Waals surface area contributed by atoms with Gasteiger partial charge in [0, 0.05) is 4.47 Å². The van der Waals surface area contributed by atoms with E-state index in [1.807, 2.05) is 31.2 Å². The van der Waals surface area contributed by atoms with Gasteiger partial charge in [-0.2, -0.15) is 0 Å². The van der Waals surface area contributed by atoms with E-state index in [0.29, 0.717) is 10.4 Å². The molecule has 0 aliphatic rings. The van der Waals surface area contributed by atoms with Crippen LogP contribution in [0.2, 0.25) is 0 Å². The maximum atomic E-state index is 12.0. The van der Waals surface area contributed by atoms with Crippen LogP contribution in [0, 0.1) is 0 Å². The van der Waals surface area contributed by atoms with E-state index in [1.165, 1.54) is 0 Å². The summed E-state index contributed by atoms with van der Waals surface area (Å²) >= 11 is 6.58. The van der Waals surface area contributed by atoms with Crippen molar-refractivity contribution in [3.63, 3.8) is 0 Å². The number of carbonyl (C=O) groups excluding carboxylic acids is 1. The Hall–Kier alpha value is -1.07. The molecule has 2 aromatic rings. The summed E-state index contributed by atoms with van der Waals surface area (Å²) in [4.78, 5) is 12.0. The Labute approximate surface area is 128 Å². The second-order valence-corrected chi connectivity index (χ2v) is 5.79. The average Bonchev–Trinajstić information content (AvgIpc) is 2.84. The van der Waals surface area contributed by atoms with Gasteiger partial charge in [-0.25, -0.2) is 0 Å². The molecular weight excluding hydrogens is 374 g/mol. The number of nitrogens with one attached hydrogen (secondary N) is 1. The van der Waals surface area contributed by atoms with E-state index in [2.05, 4.69) is 37.2 Å². The molecule has 0 aliphatic carbocycles. The summed E-state index contributed by atoms with van der Waals surface area (Å²) in [6, 6.07) is 11.3. The Bertz CT molecular complexity index is 563. The summed E-state index contributed by atoms with van der Waals surface area (Å²) in [5, 5.41) is 2.96. The minimum absolute atomic E-state index is 0.0236. The molecule has 3 nitrogen and oxygen atoms in total. The summed E-state index contributed by atoms with van der Waals surface area (Å²) in [6.45, 7) is 2.03. The third kappa shape index (κ3) is 3.70. The summed E-state index contributed by atoms with van der Waals surface area (Å²) in [5.41, 5.74) is 1.07. The molecule has 0 fully saturated rings. The smallest absolute Gasteiger partial charge is 0.287 e. The Morgan fingerprint density at radius 3 is 2.42 bits per heavy atom. The topological polar surface area (TPSA) is 42.2 Å². The van der Waals surface area contributed by atoms with E-state index in [9.17, 15) is 4.79 Å². The summed E-state index contributed by atoms with van der Waals surface area (Å²) in [5.74, 6) is 0.0999. The van der Waals surface area contributed by atoms with E-state index in [0.717, 1.165) is 16.5 Å². The normalized spacial score (nSPS) is 12.2. The van der Waals surface area contributed by atoms with Crippen molar-refractivity contribution in [1.29, 1.82) is 0 Å². The van der Waals surface area contributed by atoms with Crippen molar-refractivity contribution in [3.8, 4) is 0 Å². The summed E-state index contributed by atoms with van der Waals surface area (Å²) < 4.78 is 6.81. The fraction of sp³-hybridized carbons (Fsp3) is 0.214. The number of amides is 1. The van der Waals surface area contributed by atoms with E-state index >= 15 is 0 Å². The van der Waals surface area contributed by atoms with Gasteiger partial charge in [-0.1, -0.05) is 35.0 Å². The molecule has 1 atom stereocenters. The molecule has 1 amide bonds. The molecule has 0 spiro atoms. The minimum atomic E-state index is -0.208. The second-order valence-electron chi connectivity index (χ2n) is 4.09. The van der Waals surface area contributed by atoms with E-state index < -0.39 is 0 Å². The molecule has 100 valence electrons. The van der Waals surface area contributed by atoms with Gasteiger partial charge in [-0.05, 0) is 52.2 Å². The Morgan fingerprint density at radius 1 is 1.21 bits per heavy atom. The summed E-state index contributed by atoms with van der Waals surface area (Å²) in [7, 11) is 0. The van der Waals surface area contributed by atoms with Gasteiger partial charge in [-0.3, -0.25) is 4.79 Å². The number of carbonyl (C=O) groups is 1. The Kier molecular flexibility index (Phi) is 4.82. The molecule has 0 saturated heterocycles. The van der Waals surface area contributed by atoms with Crippen LogP contribution in [0.1, 0.15) is 35.5 Å². The van der Waals surface area contributed by atoms with Crippen molar-refractivity contribution < 1.29 is 9.21 Å². The van der Waals surface area contributed by atoms with Crippen molar-refractivity contribution in [1.82, 2.24) is 5.32 Å². The van der Waals surface area contributed by atoms with E-state index in [4.69, 9.17) is 4.42 Å². The van der Waals surface area contributed by atoms with Crippen LogP contribution in [0.4, 0.5) is 0 Å². The van der Waals surface area contributed by atoms with Crippen LogP contribution in [0.25, 0.3) is 0 Å². The maximum absolute atomic E-state index is 12.0. The maximum Gasteiger partial charge on any atom is 0.287 e. The van der Waals surface area contributed by atoms with Crippen molar-refractivity contribution in [2.45, 2.75) is 19.4 Å². The SMILES string of the molecule is CC[C@@H](NC(=O)c1ccc(Br)o1)c1ccc(Br)cc1. The highest BCUT2D eigenvalue weighted by molar-refractivity contribution is 9.10. The lowest BCUT2D eigenvalue weighted by atomic mass is 10.0. The van der Waals surface area contributed by atoms with Crippen molar-refractivity contribution >= 4 is 37.8 Å². The van der Waals surface area contributed by atoms with Gasteiger partial charge in [-0.15, -0.1) is 0 Å². The van der Waals surface area contributed by atoms with Crippen molar-refractivity contribution in [2.75, 3.05) is 0 Å². The van der Waals surface area contributed by atoms with Gasteiger partial charge in [0.1, 0.15) is 0 Å². The first-order valence-corrected chi connectivity index (χ1v) is 7.50. The number of benzene rings is 1. The number of hydrogen-bond donors (Lipinski definition) is 1. The lowest BCUT2D eigenvalue weighted by molar-refractivity contribution is 0.0906. The zero-order chi connectivity index (χ0) is 13.8. The monoisotopic (exact) mass is 385 g/mol. The van der Waals surface area contributed by atoms with Crippen LogP contribution in [-0.2, 0) is 0 Å². The zero-order valence-electron chi connectivity index (χ0n) is 10.3. The van der Waals surface area contributed by atoms with Crippen LogP contribution < -0.4 is 5.32 Å². The zero-order valence-corrected chi connectivity index (χ0v) is 13.5. The van der Waals surface area contributed by atoms with Crippen LogP contribution in [0.3, 0.4) is 0 Å². The standard InChI is InChI=1S/C14H13Br2NO2/c1-2-11(9-3-5-10(15)6-4-9)17-14(18)12-7-8-13(16)19-12/h3-8,11H,2H2,1H3,(H,17,18)/t11-/m1/s1. The highest BCUT2D eigenvalue weighted by Crippen LogP contribution is 2.21. The van der Waals surface area contributed by atoms with Crippen molar-refractivity contribution in [3.05, 3.63) is 56.9 Å². The van der Waals surface area contributed by atoms with E-state index in [-0.39, 0.29) is 11.9 Å². The van der Waals surface area contributed by atoms with Crippen LogP contribution >= 0.6 is 31.9 Å². The molecule has 1 aromatic carbocycles. The fourth-order valence-corrected chi connectivity index (χ4v) is 2.35. The largest absolute Gasteiger partial charge is 0.444 e. The predicted octanol–water partition coefficient (Wildman–Crippen LogP) is 4.69. The lowest BCUT2D eigenvalue weighted by Gasteiger charge is -2.16. The van der Waals surface area contributed by atoms with Crippen molar-refractivity contribution in [2.24, 2.45) is 0 Å². The molecule has 0 aliphatic heterocycles. The first kappa shape index (κ1) is 14.3. The highest BCUT2D eigenvalue weighted by Gasteiger charge is 2.16. The molecule has 2 rings (SSSR count). The fourth-order valence-electron chi connectivity index (χ4n) is 1.78. The minimum Gasteiger partial charge on any atom is -0.444 e. The van der Waals surface area contributed by atoms with Gasteiger partial charge < -0.3 is 9.73 Å². The van der Waals surface area contributed by atoms with Crippen LogP contribution in [0.5, 0.6) is 0 Å². The number of furan rings is 1. The molecule has 1 heterocycles. The van der Waals surface area contributed by atoms with Gasteiger partial charge in [0.2, 0.25) is 0 Å². The first-order valence-electron chi connectivity index (χ1n) is 5.92. The molecule has 0 bridgehead atoms. The number of hydrogen-bond acceptors (Lipinski definition) is 2. The molecule has 0 unspecified atom stereocenters. The molecule has 1 N–H and O–H groups in total. The molecule has 1 aromatic heterocycles. The van der Waals surface area contributed by atoms with Gasteiger partial charge in [0.05, 0.1) is 6.04 Å². The Balaban J connectivity index is 2.11. The van der Waals surface area contributed by atoms with Crippen LogP contribution in [-0.4, -0.2) is 5.91 Å². The molecule has 19 heavy (non-hydrogen) atoms. The highest BCUT2D eigenvalue weighted by atomic mass is 79.9. The van der Waals surface area contributed by atoms with E-state index in [1.54, 1.807) is 12.1 Å². The molecular formula is C14H13Br2NO2. The summed E-state index contributed by atoms with van der Waals surface area (Å²) in [6.07, 6.45) is 0.815. The second kappa shape index (κ2) is 6.39. The molecule has 5 heteroatoms. The molecule has 0 saturated carbocycles. The lowest BCUT2D eigenvalue weighted by Crippen LogP contribution is -2.27. The molecule has 0 radical (unpaired) electrons. The number of rotatable bonds is 4. The Morgan fingerprint density at radius 2 is 1.89 bits per heavy atom. The van der Waals surface area contributed by atoms with Crippen LogP contribution in [0.15, 0.2) is 50.0 Å². The number of halogens is 2. The third-order valence-corrected chi connectivity index (χ3v) is 3.74. The predicted molar refractivity (Wildman–Crippen MR) is 81.0 cm³/mol. The quantitative estimate of drug-likeness (QED) is 0.828. The van der Waals surface area contributed by atoms with Gasteiger partial charge in [0.25, 0.3) is 5.91 Å². The average molecular weight is 387 g/mol. The van der Waals surface area contributed by atoms with Gasteiger partial charge in [0.15, 0.2) is 10.4 Å². The first-order chi connectivity index (χ1) is 9.10.